The van der Waals surface area contributed by atoms with Gasteiger partial charge in [-0.05, 0) is 48.9 Å². The number of aromatic amines is 1. The summed E-state index contributed by atoms with van der Waals surface area (Å²) in [6.07, 6.45) is 1.57. The first-order valence-corrected chi connectivity index (χ1v) is 12.6. The summed E-state index contributed by atoms with van der Waals surface area (Å²) in [5.41, 5.74) is 8.99. The second-order valence-corrected chi connectivity index (χ2v) is 10.6. The lowest BCUT2D eigenvalue weighted by atomic mass is 9.97. The molecule has 1 aliphatic heterocycles. The number of hydrogen-bond acceptors (Lipinski definition) is 5. The van der Waals surface area contributed by atoms with Crippen molar-refractivity contribution >= 4 is 39.2 Å². The molecule has 5 N–H and O–H groups in total. The predicted octanol–water partition coefficient (Wildman–Crippen LogP) is 2.56. The van der Waals surface area contributed by atoms with Crippen molar-refractivity contribution in [1.29, 1.82) is 0 Å². The van der Waals surface area contributed by atoms with E-state index in [-0.39, 0.29) is 29.5 Å². The molecule has 188 valence electrons. The van der Waals surface area contributed by atoms with Crippen molar-refractivity contribution in [1.82, 2.24) is 14.6 Å². The summed E-state index contributed by atoms with van der Waals surface area (Å²) < 4.78 is 40.1. The minimum Gasteiger partial charge on any atom is -0.358 e. The molecule has 0 radical (unpaired) electrons. The Morgan fingerprint density at radius 2 is 1.86 bits per heavy atom. The number of aromatic nitrogens is 1. The van der Waals surface area contributed by atoms with Crippen LogP contribution in [0.15, 0.2) is 47.4 Å². The van der Waals surface area contributed by atoms with Gasteiger partial charge in [0.05, 0.1) is 16.0 Å². The van der Waals surface area contributed by atoms with Crippen LogP contribution in [0, 0.1) is 12.7 Å². The summed E-state index contributed by atoms with van der Waals surface area (Å²) in [6.45, 7) is 2.24. The van der Waals surface area contributed by atoms with E-state index in [2.05, 4.69) is 15.6 Å². The molecule has 11 heteroatoms. The van der Waals surface area contributed by atoms with Gasteiger partial charge in [-0.25, -0.2) is 17.1 Å². The van der Waals surface area contributed by atoms with E-state index in [9.17, 15) is 22.4 Å². The van der Waals surface area contributed by atoms with E-state index in [0.717, 1.165) is 4.31 Å². The van der Waals surface area contributed by atoms with Crippen molar-refractivity contribution in [3.63, 3.8) is 0 Å². The van der Waals surface area contributed by atoms with Gasteiger partial charge in [-0.3, -0.25) is 9.59 Å². The molecule has 2 heterocycles. The number of amides is 2. The topological polar surface area (TPSA) is 137 Å². The number of nitrogens with zero attached hydrogens (tertiary/aromatic N) is 1. The van der Waals surface area contributed by atoms with Crippen LogP contribution in [0.25, 0.3) is 22.8 Å². The summed E-state index contributed by atoms with van der Waals surface area (Å²) in [5, 5.41) is 5.49. The Morgan fingerprint density at radius 3 is 2.50 bits per heavy atom. The lowest BCUT2D eigenvalue weighted by molar-refractivity contribution is -0.110. The number of carbonyl (C=O) groups excluding carboxylic acids is 2. The molecule has 0 bridgehead atoms. The maximum atomic E-state index is 13.7. The van der Waals surface area contributed by atoms with Gasteiger partial charge >= 0.3 is 0 Å². The minimum absolute atomic E-state index is 0.0388. The van der Waals surface area contributed by atoms with E-state index in [1.165, 1.54) is 44.4 Å². The summed E-state index contributed by atoms with van der Waals surface area (Å²) >= 11 is 0. The molecule has 2 amide bonds. The van der Waals surface area contributed by atoms with Crippen molar-refractivity contribution in [2.75, 3.05) is 32.5 Å². The van der Waals surface area contributed by atoms with E-state index in [4.69, 9.17) is 5.73 Å². The number of anilines is 1. The van der Waals surface area contributed by atoms with Crippen LogP contribution in [-0.2, 0) is 14.8 Å². The largest absolute Gasteiger partial charge is 0.358 e. The molecular formula is C25H26FN5O4S. The van der Waals surface area contributed by atoms with Crippen LogP contribution in [0.5, 0.6) is 0 Å². The average Bonchev–Trinajstić information content (AvgIpc) is 3.33. The average molecular weight is 512 g/mol. The fourth-order valence-electron chi connectivity index (χ4n) is 4.06. The Kier molecular flexibility index (Phi) is 6.81. The molecular weight excluding hydrogens is 485 g/mol. The summed E-state index contributed by atoms with van der Waals surface area (Å²) in [7, 11) is -0.875. The second-order valence-electron chi connectivity index (χ2n) is 8.47. The molecule has 4 rings (SSSR count). The van der Waals surface area contributed by atoms with Gasteiger partial charge in [-0.2, -0.15) is 0 Å². The molecule has 1 aliphatic rings. The first kappa shape index (κ1) is 25.3. The number of nitrogens with two attached hydrogens (primary N) is 1. The van der Waals surface area contributed by atoms with E-state index in [1.54, 1.807) is 25.1 Å². The van der Waals surface area contributed by atoms with E-state index < -0.39 is 21.7 Å². The van der Waals surface area contributed by atoms with Gasteiger partial charge in [0.1, 0.15) is 5.82 Å². The highest BCUT2D eigenvalue weighted by molar-refractivity contribution is 7.89. The fraction of sp³-hybridized carbons (Fsp3) is 0.200. The van der Waals surface area contributed by atoms with E-state index in [0.29, 0.717) is 39.3 Å². The van der Waals surface area contributed by atoms with Crippen LogP contribution >= 0.6 is 0 Å². The van der Waals surface area contributed by atoms with Crippen LogP contribution < -0.4 is 16.4 Å². The molecule has 3 aromatic rings. The monoisotopic (exact) mass is 511 g/mol. The fourth-order valence-corrected chi connectivity index (χ4v) is 4.99. The smallest absolute Gasteiger partial charge is 0.256 e. The minimum atomic E-state index is -3.73. The van der Waals surface area contributed by atoms with Gasteiger partial charge in [-0.15, -0.1) is 0 Å². The van der Waals surface area contributed by atoms with Gasteiger partial charge in [-0.1, -0.05) is 12.1 Å². The van der Waals surface area contributed by atoms with Gasteiger partial charge in [0.25, 0.3) is 11.8 Å². The van der Waals surface area contributed by atoms with E-state index >= 15 is 0 Å². The third kappa shape index (κ3) is 4.55. The lowest BCUT2D eigenvalue weighted by Gasteiger charge is -2.12. The molecule has 9 nitrogen and oxygen atoms in total. The Bertz CT molecular complexity index is 1490. The summed E-state index contributed by atoms with van der Waals surface area (Å²) in [4.78, 5) is 29.1. The third-order valence-electron chi connectivity index (χ3n) is 5.85. The van der Waals surface area contributed by atoms with Crippen LogP contribution in [0.2, 0.25) is 0 Å². The molecule has 0 unspecified atom stereocenters. The Hall–Kier alpha value is -3.80. The van der Waals surface area contributed by atoms with Crippen LogP contribution in [0.4, 0.5) is 10.1 Å². The zero-order valence-electron chi connectivity index (χ0n) is 20.0. The van der Waals surface area contributed by atoms with E-state index in [1.807, 2.05) is 0 Å². The van der Waals surface area contributed by atoms with Crippen molar-refractivity contribution in [3.05, 3.63) is 70.8 Å². The molecule has 0 saturated heterocycles. The lowest BCUT2D eigenvalue weighted by Crippen LogP contribution is -2.29. The number of H-pyrrole nitrogens is 1. The molecule has 0 saturated carbocycles. The SMILES string of the molecule is Cc1[nH]c(/C=C2\C(=O)Nc3ccc(S(=O)(=O)N(C)C)cc32)c(-c2ccc(F)cc2)c1C(=O)NCCN. The summed E-state index contributed by atoms with van der Waals surface area (Å²) in [6, 6.07) is 10.1. The molecule has 36 heavy (non-hydrogen) atoms. The van der Waals surface area contributed by atoms with Crippen molar-refractivity contribution in [2.24, 2.45) is 5.73 Å². The van der Waals surface area contributed by atoms with Crippen LogP contribution in [-0.4, -0.2) is 56.7 Å². The predicted molar refractivity (Wildman–Crippen MR) is 136 cm³/mol. The van der Waals surface area contributed by atoms with Gasteiger partial charge in [0, 0.05) is 55.4 Å². The molecule has 0 aliphatic carbocycles. The zero-order chi connectivity index (χ0) is 26.2. The summed E-state index contributed by atoms with van der Waals surface area (Å²) in [5.74, 6) is -1.22. The van der Waals surface area contributed by atoms with Crippen molar-refractivity contribution in [3.8, 4) is 11.1 Å². The maximum Gasteiger partial charge on any atom is 0.256 e. The Labute approximate surface area is 208 Å². The highest BCUT2D eigenvalue weighted by Gasteiger charge is 2.29. The third-order valence-corrected chi connectivity index (χ3v) is 7.66. The first-order chi connectivity index (χ1) is 17.0. The molecule has 0 fully saturated rings. The number of hydrogen-bond donors (Lipinski definition) is 4. The van der Waals surface area contributed by atoms with Crippen LogP contribution in [0.1, 0.15) is 27.3 Å². The van der Waals surface area contributed by atoms with Gasteiger partial charge < -0.3 is 21.4 Å². The Balaban J connectivity index is 1.91. The van der Waals surface area contributed by atoms with Crippen molar-refractivity contribution < 1.29 is 22.4 Å². The normalized spacial score (nSPS) is 14.3. The van der Waals surface area contributed by atoms with Gasteiger partial charge in [0.2, 0.25) is 10.0 Å². The highest BCUT2D eigenvalue weighted by Crippen LogP contribution is 2.38. The molecule has 1 aromatic heterocycles. The number of benzene rings is 2. The number of nitrogens with one attached hydrogen (secondary N) is 3. The number of carbonyl (C=O) groups is 2. The highest BCUT2D eigenvalue weighted by atomic mass is 32.2. The standard InChI is InChI=1S/C25H26FN5O4S/c1-14-22(25(33)28-11-10-27)23(15-4-6-16(26)7-5-15)21(29-14)13-19-18-12-17(36(34,35)31(2)3)8-9-20(18)30-24(19)32/h4-9,12-13,29H,10-11,27H2,1-3H3,(H,28,33)(H,30,32)/b19-13-. The quantitative estimate of drug-likeness (QED) is 0.361. The number of halogens is 1. The number of fused-ring (bicyclic) bond motifs is 1. The second kappa shape index (κ2) is 9.69. The van der Waals surface area contributed by atoms with Crippen molar-refractivity contribution in [2.45, 2.75) is 11.8 Å². The first-order valence-electron chi connectivity index (χ1n) is 11.1. The number of rotatable bonds is 7. The molecule has 2 aromatic carbocycles. The number of sulfonamides is 1. The molecule has 0 atom stereocenters. The maximum absolute atomic E-state index is 13.7. The zero-order valence-corrected chi connectivity index (χ0v) is 20.8. The van der Waals surface area contributed by atoms with Gasteiger partial charge in [0.15, 0.2) is 0 Å². The molecule has 0 spiro atoms. The Morgan fingerprint density at radius 1 is 1.17 bits per heavy atom. The van der Waals surface area contributed by atoms with Crippen LogP contribution in [0.3, 0.4) is 0 Å². The number of aryl methyl sites for hydroxylation is 1.